The molecule has 2 bridgehead atoms. The molecule has 1 nitrogen and oxygen atoms in total. The van der Waals surface area contributed by atoms with Crippen molar-refractivity contribution < 1.29 is 5.11 Å². The maximum Gasteiger partial charge on any atom is 0.0602 e. The van der Waals surface area contributed by atoms with Gasteiger partial charge in [-0.1, -0.05) is 0 Å². The predicted octanol–water partition coefficient (Wildman–Crippen LogP) is 1.02. The monoisotopic (exact) mass is 124 g/mol. The summed E-state index contributed by atoms with van der Waals surface area (Å²) < 4.78 is 0. The van der Waals surface area contributed by atoms with Crippen molar-refractivity contribution in [3.63, 3.8) is 0 Å². The molecule has 0 spiro atoms. The molecule has 4 atom stereocenters. The van der Waals surface area contributed by atoms with Crippen molar-refractivity contribution in [2.24, 2.45) is 23.7 Å². The van der Waals surface area contributed by atoms with E-state index in [1.165, 1.54) is 19.3 Å². The molecule has 0 aliphatic heterocycles. The molecule has 0 amide bonds. The molecule has 3 fully saturated rings. The van der Waals surface area contributed by atoms with Crippen LogP contribution in [0.25, 0.3) is 0 Å². The van der Waals surface area contributed by atoms with Crippen LogP contribution in [0.3, 0.4) is 0 Å². The Balaban J connectivity index is 2.00. The minimum atomic E-state index is 0.119. The van der Waals surface area contributed by atoms with Crippen molar-refractivity contribution >= 4 is 0 Å². The first-order valence-corrected chi connectivity index (χ1v) is 4.06. The molecule has 0 aromatic carbocycles. The van der Waals surface area contributed by atoms with Gasteiger partial charge < -0.3 is 5.11 Å². The van der Waals surface area contributed by atoms with Crippen LogP contribution in [0.5, 0.6) is 0 Å². The first-order valence-electron chi connectivity index (χ1n) is 4.06. The average Bonchev–Trinajstić information content (AvgIpc) is 2.53. The average molecular weight is 124 g/mol. The quantitative estimate of drug-likeness (QED) is 0.511. The Hall–Kier alpha value is -0.0400. The summed E-state index contributed by atoms with van der Waals surface area (Å²) in [5.41, 5.74) is 0. The van der Waals surface area contributed by atoms with E-state index in [0.29, 0.717) is 0 Å². The maximum atomic E-state index is 9.53. The second-order valence-electron chi connectivity index (χ2n) is 3.96. The Morgan fingerprint density at radius 2 is 1.44 bits per heavy atom. The zero-order valence-corrected chi connectivity index (χ0v) is 5.46. The van der Waals surface area contributed by atoms with Gasteiger partial charge in [0, 0.05) is 0 Å². The highest BCUT2D eigenvalue weighted by molar-refractivity contribution is 5.11. The molecule has 0 radical (unpaired) electrons. The van der Waals surface area contributed by atoms with E-state index in [9.17, 15) is 5.11 Å². The largest absolute Gasteiger partial charge is 0.393 e. The Labute approximate surface area is 55.1 Å². The Bertz CT molecular complexity index is 139. The topological polar surface area (TPSA) is 20.2 Å². The predicted molar refractivity (Wildman–Crippen MR) is 33.8 cm³/mol. The number of aliphatic hydroxyl groups is 1. The fourth-order valence-corrected chi connectivity index (χ4v) is 3.20. The van der Waals surface area contributed by atoms with Crippen LogP contribution in [0.1, 0.15) is 19.3 Å². The van der Waals surface area contributed by atoms with Gasteiger partial charge in [0.25, 0.3) is 0 Å². The van der Waals surface area contributed by atoms with Gasteiger partial charge in [-0.15, -0.1) is 0 Å². The molecule has 9 heavy (non-hydrogen) atoms. The van der Waals surface area contributed by atoms with Gasteiger partial charge in [0.1, 0.15) is 0 Å². The van der Waals surface area contributed by atoms with Crippen LogP contribution >= 0.6 is 0 Å². The van der Waals surface area contributed by atoms with Crippen LogP contribution < -0.4 is 0 Å². The van der Waals surface area contributed by atoms with Gasteiger partial charge >= 0.3 is 0 Å². The number of fused-ring (bicyclic) bond motifs is 5. The molecule has 50 valence electrons. The lowest BCUT2D eigenvalue weighted by Gasteiger charge is -2.09. The summed E-state index contributed by atoms with van der Waals surface area (Å²) in [6, 6.07) is 0. The van der Waals surface area contributed by atoms with E-state index in [0.717, 1.165) is 23.7 Å². The normalized spacial score (nSPS) is 68.3. The lowest BCUT2D eigenvalue weighted by atomic mass is 10.0. The Morgan fingerprint density at radius 1 is 0.889 bits per heavy atom. The molecule has 0 aromatic rings. The van der Waals surface area contributed by atoms with Crippen molar-refractivity contribution in [1.29, 1.82) is 0 Å². The first kappa shape index (κ1) is 4.73. The minimum Gasteiger partial charge on any atom is -0.393 e. The highest BCUT2D eigenvalue weighted by Crippen LogP contribution is 2.65. The molecule has 3 aliphatic rings. The van der Waals surface area contributed by atoms with Crippen molar-refractivity contribution in [2.45, 2.75) is 25.4 Å². The van der Waals surface area contributed by atoms with Gasteiger partial charge in [0.2, 0.25) is 0 Å². The third-order valence-corrected chi connectivity index (χ3v) is 3.70. The Kier molecular flexibility index (Phi) is 0.628. The van der Waals surface area contributed by atoms with E-state index >= 15 is 0 Å². The summed E-state index contributed by atoms with van der Waals surface area (Å²) in [4.78, 5) is 0. The number of rotatable bonds is 0. The van der Waals surface area contributed by atoms with Crippen LogP contribution in [-0.4, -0.2) is 11.2 Å². The van der Waals surface area contributed by atoms with Crippen LogP contribution in [0.2, 0.25) is 0 Å². The molecule has 0 heterocycles. The molecule has 0 aromatic heterocycles. The summed E-state index contributed by atoms with van der Waals surface area (Å²) in [7, 11) is 0. The highest BCUT2D eigenvalue weighted by atomic mass is 16.3. The van der Waals surface area contributed by atoms with Crippen molar-refractivity contribution in [2.75, 3.05) is 0 Å². The molecular formula is C8H12O. The SMILES string of the molecule is OC1C2CCC1C1CC21. The standard InChI is InChI=1S/C8H12O/c9-8-4-1-2-5(8)7-3-6(4)7/h4-9H,1-3H2. The number of hydrogen-bond acceptors (Lipinski definition) is 1. The van der Waals surface area contributed by atoms with Crippen LogP contribution in [0, 0.1) is 23.7 Å². The summed E-state index contributed by atoms with van der Waals surface area (Å²) in [5, 5.41) is 9.53. The van der Waals surface area contributed by atoms with E-state index < -0.39 is 0 Å². The van der Waals surface area contributed by atoms with E-state index in [-0.39, 0.29) is 6.10 Å². The second-order valence-corrected chi connectivity index (χ2v) is 3.96. The fourth-order valence-electron chi connectivity index (χ4n) is 3.20. The van der Waals surface area contributed by atoms with E-state index in [1.807, 2.05) is 0 Å². The first-order chi connectivity index (χ1) is 4.38. The number of hydrogen-bond donors (Lipinski definition) is 1. The molecule has 4 unspecified atom stereocenters. The van der Waals surface area contributed by atoms with E-state index in [4.69, 9.17) is 0 Å². The summed E-state index contributed by atoms with van der Waals surface area (Å²) in [5.74, 6) is 3.41. The van der Waals surface area contributed by atoms with Crippen molar-refractivity contribution in [3.8, 4) is 0 Å². The van der Waals surface area contributed by atoms with E-state index in [2.05, 4.69) is 0 Å². The van der Waals surface area contributed by atoms with Gasteiger partial charge in [-0.05, 0) is 42.9 Å². The maximum absolute atomic E-state index is 9.53. The summed E-state index contributed by atoms with van der Waals surface area (Å²) in [6.07, 6.45) is 4.22. The lowest BCUT2D eigenvalue weighted by Crippen LogP contribution is -2.15. The van der Waals surface area contributed by atoms with Crippen LogP contribution in [0.15, 0.2) is 0 Å². The molecule has 1 heteroatoms. The summed E-state index contributed by atoms with van der Waals surface area (Å²) in [6.45, 7) is 0. The fraction of sp³-hybridized carbons (Fsp3) is 1.00. The van der Waals surface area contributed by atoms with Gasteiger partial charge in [-0.2, -0.15) is 0 Å². The van der Waals surface area contributed by atoms with Crippen molar-refractivity contribution in [3.05, 3.63) is 0 Å². The highest BCUT2D eigenvalue weighted by Gasteiger charge is 2.62. The molecule has 1 N–H and O–H groups in total. The van der Waals surface area contributed by atoms with Gasteiger partial charge in [0.05, 0.1) is 6.10 Å². The molecule has 3 rings (SSSR count). The molecule has 3 aliphatic carbocycles. The smallest absolute Gasteiger partial charge is 0.0602 e. The second kappa shape index (κ2) is 1.20. The Morgan fingerprint density at radius 3 is 1.78 bits per heavy atom. The summed E-state index contributed by atoms with van der Waals surface area (Å²) >= 11 is 0. The molecular weight excluding hydrogens is 112 g/mol. The zero-order valence-electron chi connectivity index (χ0n) is 5.46. The van der Waals surface area contributed by atoms with Gasteiger partial charge in [0.15, 0.2) is 0 Å². The number of aliphatic hydroxyl groups excluding tert-OH is 1. The zero-order chi connectivity index (χ0) is 6.01. The molecule has 0 saturated heterocycles. The molecule has 3 saturated carbocycles. The third kappa shape index (κ3) is 0.389. The van der Waals surface area contributed by atoms with Crippen LogP contribution in [0.4, 0.5) is 0 Å². The van der Waals surface area contributed by atoms with Gasteiger partial charge in [-0.3, -0.25) is 0 Å². The van der Waals surface area contributed by atoms with Gasteiger partial charge in [-0.25, -0.2) is 0 Å². The van der Waals surface area contributed by atoms with Crippen LogP contribution in [-0.2, 0) is 0 Å². The van der Waals surface area contributed by atoms with Crippen molar-refractivity contribution in [1.82, 2.24) is 0 Å². The third-order valence-electron chi connectivity index (χ3n) is 3.70. The minimum absolute atomic E-state index is 0.119. The lowest BCUT2D eigenvalue weighted by molar-refractivity contribution is 0.108. The van der Waals surface area contributed by atoms with E-state index in [1.54, 1.807) is 0 Å².